The summed E-state index contributed by atoms with van der Waals surface area (Å²) in [6.45, 7) is 10.7. The van der Waals surface area contributed by atoms with E-state index < -0.39 is 0 Å². The highest BCUT2D eigenvalue weighted by molar-refractivity contribution is 5.45. The Morgan fingerprint density at radius 2 is 1.80 bits per heavy atom. The molecule has 1 aromatic carbocycles. The van der Waals surface area contributed by atoms with Gasteiger partial charge < -0.3 is 16.2 Å². The Hall–Kier alpha value is -1.06. The van der Waals surface area contributed by atoms with E-state index in [0.717, 1.165) is 25.2 Å². The molecule has 0 bridgehead atoms. The second-order valence-electron chi connectivity index (χ2n) is 5.82. The van der Waals surface area contributed by atoms with E-state index in [1.807, 2.05) is 0 Å². The van der Waals surface area contributed by atoms with Crippen LogP contribution in [0.5, 0.6) is 5.75 Å². The number of hydrogen-bond acceptors (Lipinski definition) is 3. The summed E-state index contributed by atoms with van der Waals surface area (Å²) in [5.74, 6) is 1.85. The fraction of sp³-hybridized carbons (Fsp3) is 0.647. The van der Waals surface area contributed by atoms with Crippen molar-refractivity contribution in [2.24, 2.45) is 17.4 Å². The molecule has 0 aromatic heterocycles. The highest BCUT2D eigenvalue weighted by Gasteiger charge is 2.18. The normalized spacial score (nSPS) is 12.8. The summed E-state index contributed by atoms with van der Waals surface area (Å²) < 4.78 is 5.98. The molecule has 0 aliphatic rings. The third-order valence-electron chi connectivity index (χ3n) is 3.78. The van der Waals surface area contributed by atoms with Gasteiger partial charge in [-0.05, 0) is 62.7 Å². The van der Waals surface area contributed by atoms with Crippen LogP contribution < -0.4 is 16.2 Å². The lowest BCUT2D eigenvalue weighted by atomic mass is 9.88. The first-order valence-electron chi connectivity index (χ1n) is 7.67. The van der Waals surface area contributed by atoms with Crippen molar-refractivity contribution in [1.82, 2.24) is 0 Å². The predicted molar refractivity (Wildman–Crippen MR) is 86.3 cm³/mol. The minimum atomic E-state index is 0.379. The van der Waals surface area contributed by atoms with Crippen LogP contribution >= 0.6 is 0 Å². The molecule has 0 saturated carbocycles. The molecule has 1 rings (SSSR count). The molecular weight excluding hydrogens is 248 g/mol. The van der Waals surface area contributed by atoms with Crippen molar-refractivity contribution in [3.8, 4) is 5.75 Å². The van der Waals surface area contributed by atoms with Crippen LogP contribution in [-0.4, -0.2) is 19.7 Å². The second-order valence-corrected chi connectivity index (χ2v) is 5.82. The number of nitrogens with two attached hydrogens (primary N) is 2. The molecule has 1 unspecified atom stereocenters. The van der Waals surface area contributed by atoms with Crippen LogP contribution in [0.25, 0.3) is 0 Å². The first kappa shape index (κ1) is 17.0. The summed E-state index contributed by atoms with van der Waals surface area (Å²) in [7, 11) is 0. The standard InChI is InChI=1S/C17H30N2O/c1-5-6-20-17-14(4)7-12(2)8-16(17)13(3)9-15(10-18)11-19/h7-8,13,15H,5-6,9-11,18-19H2,1-4H3. The lowest BCUT2D eigenvalue weighted by molar-refractivity contribution is 0.308. The van der Waals surface area contributed by atoms with Crippen molar-refractivity contribution in [1.29, 1.82) is 0 Å². The smallest absolute Gasteiger partial charge is 0.125 e. The number of benzene rings is 1. The summed E-state index contributed by atoms with van der Waals surface area (Å²) >= 11 is 0. The number of rotatable bonds is 8. The molecule has 0 fully saturated rings. The number of ether oxygens (including phenoxy) is 1. The Bertz CT molecular complexity index is 414. The van der Waals surface area contributed by atoms with E-state index in [0.29, 0.717) is 24.9 Å². The van der Waals surface area contributed by atoms with Crippen LogP contribution in [0.4, 0.5) is 0 Å². The van der Waals surface area contributed by atoms with Gasteiger partial charge in [0.15, 0.2) is 0 Å². The van der Waals surface area contributed by atoms with Gasteiger partial charge in [-0.1, -0.05) is 31.5 Å². The second kappa shape index (κ2) is 8.28. The Morgan fingerprint density at radius 1 is 1.15 bits per heavy atom. The molecule has 0 radical (unpaired) electrons. The average Bonchev–Trinajstić information content (AvgIpc) is 2.42. The Kier molecular flexibility index (Phi) is 7.03. The van der Waals surface area contributed by atoms with Crippen LogP contribution in [0.1, 0.15) is 49.3 Å². The quantitative estimate of drug-likeness (QED) is 0.768. The number of aryl methyl sites for hydroxylation is 2. The first-order valence-corrected chi connectivity index (χ1v) is 7.67. The van der Waals surface area contributed by atoms with Crippen molar-refractivity contribution >= 4 is 0 Å². The molecule has 1 aromatic rings. The summed E-state index contributed by atoms with van der Waals surface area (Å²) in [5.41, 5.74) is 15.3. The zero-order valence-electron chi connectivity index (χ0n) is 13.4. The van der Waals surface area contributed by atoms with Gasteiger partial charge in [0.05, 0.1) is 6.61 Å². The van der Waals surface area contributed by atoms with Crippen LogP contribution in [-0.2, 0) is 0 Å². The van der Waals surface area contributed by atoms with E-state index >= 15 is 0 Å². The van der Waals surface area contributed by atoms with Gasteiger partial charge in [-0.3, -0.25) is 0 Å². The molecule has 3 nitrogen and oxygen atoms in total. The van der Waals surface area contributed by atoms with Gasteiger partial charge in [0, 0.05) is 0 Å². The lowest BCUT2D eigenvalue weighted by Gasteiger charge is -2.23. The monoisotopic (exact) mass is 278 g/mol. The third-order valence-corrected chi connectivity index (χ3v) is 3.78. The van der Waals surface area contributed by atoms with Gasteiger partial charge in [0.1, 0.15) is 5.75 Å². The van der Waals surface area contributed by atoms with Gasteiger partial charge >= 0.3 is 0 Å². The lowest BCUT2D eigenvalue weighted by Crippen LogP contribution is -2.24. The molecule has 1 atom stereocenters. The van der Waals surface area contributed by atoms with E-state index in [-0.39, 0.29) is 0 Å². The zero-order valence-corrected chi connectivity index (χ0v) is 13.4. The van der Waals surface area contributed by atoms with Crippen molar-refractivity contribution in [2.75, 3.05) is 19.7 Å². The highest BCUT2D eigenvalue weighted by atomic mass is 16.5. The topological polar surface area (TPSA) is 61.3 Å². The molecule has 0 spiro atoms. The van der Waals surface area contributed by atoms with Gasteiger partial charge in [0.25, 0.3) is 0 Å². The zero-order chi connectivity index (χ0) is 15.1. The average molecular weight is 278 g/mol. The van der Waals surface area contributed by atoms with Crippen LogP contribution in [0, 0.1) is 19.8 Å². The molecule has 0 heterocycles. The summed E-state index contributed by atoms with van der Waals surface area (Å²) in [5, 5.41) is 0. The fourth-order valence-corrected chi connectivity index (χ4v) is 2.67. The van der Waals surface area contributed by atoms with Gasteiger partial charge in [-0.25, -0.2) is 0 Å². The molecule has 0 aliphatic heterocycles. The Balaban J connectivity index is 3.01. The van der Waals surface area contributed by atoms with E-state index in [1.165, 1.54) is 16.7 Å². The highest BCUT2D eigenvalue weighted by Crippen LogP contribution is 2.34. The van der Waals surface area contributed by atoms with Crippen molar-refractivity contribution in [2.45, 2.75) is 46.5 Å². The van der Waals surface area contributed by atoms with Gasteiger partial charge in [0.2, 0.25) is 0 Å². The summed E-state index contributed by atoms with van der Waals surface area (Å²) in [6, 6.07) is 4.43. The van der Waals surface area contributed by atoms with Gasteiger partial charge in [-0.15, -0.1) is 0 Å². The maximum atomic E-state index is 5.98. The van der Waals surface area contributed by atoms with E-state index in [1.54, 1.807) is 0 Å². The predicted octanol–water partition coefficient (Wildman–Crippen LogP) is 3.12. The van der Waals surface area contributed by atoms with Crippen molar-refractivity contribution < 1.29 is 4.74 Å². The molecular formula is C17H30N2O. The minimum Gasteiger partial charge on any atom is -0.493 e. The van der Waals surface area contributed by atoms with Crippen LogP contribution in [0.15, 0.2) is 12.1 Å². The first-order chi connectivity index (χ1) is 9.53. The molecule has 4 N–H and O–H groups in total. The Morgan fingerprint density at radius 3 is 2.35 bits per heavy atom. The SMILES string of the molecule is CCCOc1c(C)cc(C)cc1C(C)CC(CN)CN. The summed E-state index contributed by atoms with van der Waals surface area (Å²) in [4.78, 5) is 0. The molecule has 114 valence electrons. The maximum absolute atomic E-state index is 5.98. The Labute approximate surface area is 123 Å². The minimum absolute atomic E-state index is 0.379. The van der Waals surface area contributed by atoms with Crippen molar-refractivity contribution in [3.05, 3.63) is 28.8 Å². The van der Waals surface area contributed by atoms with Gasteiger partial charge in [-0.2, -0.15) is 0 Å². The van der Waals surface area contributed by atoms with E-state index in [4.69, 9.17) is 16.2 Å². The molecule has 3 heteroatoms. The molecule has 0 saturated heterocycles. The molecule has 0 amide bonds. The fourth-order valence-electron chi connectivity index (χ4n) is 2.67. The van der Waals surface area contributed by atoms with Crippen LogP contribution in [0.3, 0.4) is 0 Å². The maximum Gasteiger partial charge on any atom is 0.125 e. The third kappa shape index (κ3) is 4.50. The van der Waals surface area contributed by atoms with Crippen LogP contribution in [0.2, 0.25) is 0 Å². The number of hydrogen-bond donors (Lipinski definition) is 2. The van der Waals surface area contributed by atoms with E-state index in [9.17, 15) is 0 Å². The summed E-state index contributed by atoms with van der Waals surface area (Å²) in [6.07, 6.45) is 2.04. The molecule has 0 aliphatic carbocycles. The molecule has 20 heavy (non-hydrogen) atoms. The van der Waals surface area contributed by atoms with E-state index in [2.05, 4.69) is 39.8 Å². The largest absolute Gasteiger partial charge is 0.493 e. The van der Waals surface area contributed by atoms with Crippen molar-refractivity contribution in [3.63, 3.8) is 0 Å².